The molecule has 0 aliphatic rings. The summed E-state index contributed by atoms with van der Waals surface area (Å²) in [7, 11) is 0. The standard InChI is InChI=1S/C18H18N2O/c1-3-13-7-9-14(10-8-13)19-11-15-17-12(2)5-4-6-16(17)20-18(15)21/h4-11,20-21H,3H2,1-2H3. The summed E-state index contributed by atoms with van der Waals surface area (Å²) >= 11 is 0. The number of aromatic amines is 1. The van der Waals surface area contributed by atoms with Crippen LogP contribution in [0.4, 0.5) is 5.69 Å². The second kappa shape index (κ2) is 5.44. The van der Waals surface area contributed by atoms with Crippen LogP contribution in [-0.4, -0.2) is 16.3 Å². The third-order valence-electron chi connectivity index (χ3n) is 3.74. The molecule has 0 radical (unpaired) electrons. The van der Waals surface area contributed by atoms with Gasteiger partial charge in [-0.15, -0.1) is 0 Å². The van der Waals surface area contributed by atoms with E-state index >= 15 is 0 Å². The molecule has 2 aromatic carbocycles. The number of aromatic nitrogens is 1. The third kappa shape index (κ3) is 2.55. The topological polar surface area (TPSA) is 48.4 Å². The first-order chi connectivity index (χ1) is 10.2. The molecule has 0 spiro atoms. The largest absolute Gasteiger partial charge is 0.494 e. The Balaban J connectivity index is 2.00. The van der Waals surface area contributed by atoms with E-state index in [4.69, 9.17) is 0 Å². The number of rotatable bonds is 3. The molecule has 21 heavy (non-hydrogen) atoms. The number of hydrogen-bond donors (Lipinski definition) is 2. The lowest BCUT2D eigenvalue weighted by Gasteiger charge is -1.99. The van der Waals surface area contributed by atoms with Gasteiger partial charge in [-0.25, -0.2) is 0 Å². The average Bonchev–Trinajstić information content (AvgIpc) is 2.82. The van der Waals surface area contributed by atoms with Crippen LogP contribution in [0.3, 0.4) is 0 Å². The molecular weight excluding hydrogens is 260 g/mol. The van der Waals surface area contributed by atoms with Crippen molar-refractivity contribution in [2.75, 3.05) is 0 Å². The highest BCUT2D eigenvalue weighted by molar-refractivity contribution is 6.04. The number of nitrogens with zero attached hydrogens (tertiary/aromatic N) is 1. The van der Waals surface area contributed by atoms with E-state index in [9.17, 15) is 5.11 Å². The summed E-state index contributed by atoms with van der Waals surface area (Å²) in [5.41, 5.74) is 4.96. The van der Waals surface area contributed by atoms with Gasteiger partial charge in [0.05, 0.1) is 11.3 Å². The van der Waals surface area contributed by atoms with Gasteiger partial charge in [0.2, 0.25) is 0 Å². The molecule has 3 heteroatoms. The van der Waals surface area contributed by atoms with E-state index in [2.05, 4.69) is 29.0 Å². The Labute approximate surface area is 124 Å². The van der Waals surface area contributed by atoms with Crippen LogP contribution < -0.4 is 0 Å². The molecule has 3 nitrogen and oxygen atoms in total. The Hall–Kier alpha value is -2.55. The van der Waals surface area contributed by atoms with Crippen LogP contribution >= 0.6 is 0 Å². The molecule has 0 bridgehead atoms. The minimum atomic E-state index is 0.160. The first-order valence-corrected chi connectivity index (χ1v) is 7.12. The zero-order valence-electron chi connectivity index (χ0n) is 12.2. The number of hydrogen-bond acceptors (Lipinski definition) is 2. The Kier molecular flexibility index (Phi) is 3.48. The van der Waals surface area contributed by atoms with Crippen LogP contribution in [0.5, 0.6) is 5.88 Å². The van der Waals surface area contributed by atoms with E-state index in [1.807, 2.05) is 37.3 Å². The van der Waals surface area contributed by atoms with Crippen LogP contribution in [0.15, 0.2) is 47.5 Å². The number of H-pyrrole nitrogens is 1. The van der Waals surface area contributed by atoms with Gasteiger partial charge in [-0.05, 0) is 42.7 Å². The van der Waals surface area contributed by atoms with E-state index in [1.54, 1.807) is 6.21 Å². The highest BCUT2D eigenvalue weighted by Gasteiger charge is 2.10. The summed E-state index contributed by atoms with van der Waals surface area (Å²) in [6, 6.07) is 14.1. The van der Waals surface area contributed by atoms with Crippen molar-refractivity contribution in [1.82, 2.24) is 4.98 Å². The van der Waals surface area contributed by atoms with Gasteiger partial charge in [-0.3, -0.25) is 4.99 Å². The predicted molar refractivity (Wildman–Crippen MR) is 87.8 cm³/mol. The molecular formula is C18H18N2O. The Morgan fingerprint density at radius 2 is 1.90 bits per heavy atom. The second-order valence-corrected chi connectivity index (χ2v) is 5.16. The fourth-order valence-electron chi connectivity index (χ4n) is 2.53. The lowest BCUT2D eigenvalue weighted by atomic mass is 10.1. The number of nitrogens with one attached hydrogen (secondary N) is 1. The first-order valence-electron chi connectivity index (χ1n) is 7.12. The fourth-order valence-corrected chi connectivity index (χ4v) is 2.53. The van der Waals surface area contributed by atoms with Gasteiger partial charge in [-0.1, -0.05) is 31.2 Å². The van der Waals surface area contributed by atoms with Gasteiger partial charge in [0.25, 0.3) is 0 Å². The van der Waals surface area contributed by atoms with Crippen LogP contribution in [0.25, 0.3) is 10.9 Å². The Morgan fingerprint density at radius 3 is 2.62 bits per heavy atom. The van der Waals surface area contributed by atoms with Gasteiger partial charge in [0.15, 0.2) is 5.88 Å². The van der Waals surface area contributed by atoms with Crippen molar-refractivity contribution in [2.24, 2.45) is 4.99 Å². The van der Waals surface area contributed by atoms with E-state index in [-0.39, 0.29) is 5.88 Å². The number of aliphatic imine (C=N–C) groups is 1. The molecule has 0 aliphatic heterocycles. The summed E-state index contributed by atoms with van der Waals surface area (Å²) in [6.45, 7) is 4.16. The molecule has 0 saturated carbocycles. The van der Waals surface area contributed by atoms with Crippen LogP contribution in [-0.2, 0) is 6.42 Å². The van der Waals surface area contributed by atoms with E-state index < -0.39 is 0 Å². The van der Waals surface area contributed by atoms with Crippen molar-refractivity contribution >= 4 is 22.8 Å². The number of aromatic hydroxyl groups is 1. The molecule has 0 unspecified atom stereocenters. The molecule has 1 heterocycles. The molecule has 0 saturated heterocycles. The molecule has 0 amide bonds. The summed E-state index contributed by atoms with van der Waals surface area (Å²) < 4.78 is 0. The van der Waals surface area contributed by atoms with Gasteiger partial charge in [0, 0.05) is 17.1 Å². The van der Waals surface area contributed by atoms with Crippen LogP contribution in [0.1, 0.15) is 23.6 Å². The summed E-state index contributed by atoms with van der Waals surface area (Å²) in [5, 5.41) is 11.1. The monoisotopic (exact) mass is 278 g/mol. The highest BCUT2D eigenvalue weighted by atomic mass is 16.3. The summed E-state index contributed by atoms with van der Waals surface area (Å²) in [5.74, 6) is 0.160. The van der Waals surface area contributed by atoms with E-state index in [0.29, 0.717) is 0 Å². The minimum absolute atomic E-state index is 0.160. The Bertz CT molecular complexity index is 798. The molecule has 0 aliphatic carbocycles. The zero-order valence-corrected chi connectivity index (χ0v) is 12.2. The van der Waals surface area contributed by atoms with Crippen LogP contribution in [0, 0.1) is 6.92 Å². The summed E-state index contributed by atoms with van der Waals surface area (Å²) in [6.07, 6.45) is 2.74. The quantitative estimate of drug-likeness (QED) is 0.681. The fraction of sp³-hybridized carbons (Fsp3) is 0.167. The van der Waals surface area contributed by atoms with Gasteiger partial charge in [0.1, 0.15) is 0 Å². The normalized spacial score (nSPS) is 11.5. The SMILES string of the molecule is CCc1ccc(N=Cc2c(O)[nH]c3cccc(C)c23)cc1. The number of fused-ring (bicyclic) bond motifs is 1. The Morgan fingerprint density at radius 1 is 1.14 bits per heavy atom. The average molecular weight is 278 g/mol. The highest BCUT2D eigenvalue weighted by Crippen LogP contribution is 2.28. The molecule has 0 atom stereocenters. The maximum Gasteiger partial charge on any atom is 0.198 e. The van der Waals surface area contributed by atoms with Gasteiger partial charge in [-0.2, -0.15) is 0 Å². The van der Waals surface area contributed by atoms with E-state index in [1.165, 1.54) is 5.56 Å². The lowest BCUT2D eigenvalue weighted by Crippen LogP contribution is -1.82. The molecule has 0 fully saturated rings. The minimum Gasteiger partial charge on any atom is -0.494 e. The van der Waals surface area contributed by atoms with Gasteiger partial charge >= 0.3 is 0 Å². The zero-order chi connectivity index (χ0) is 14.8. The summed E-state index contributed by atoms with van der Waals surface area (Å²) in [4.78, 5) is 7.46. The molecule has 2 N–H and O–H groups in total. The predicted octanol–water partition coefficient (Wildman–Crippen LogP) is 4.49. The van der Waals surface area contributed by atoms with Crippen LogP contribution in [0.2, 0.25) is 0 Å². The van der Waals surface area contributed by atoms with Crippen molar-refractivity contribution in [2.45, 2.75) is 20.3 Å². The second-order valence-electron chi connectivity index (χ2n) is 5.16. The lowest BCUT2D eigenvalue weighted by molar-refractivity contribution is 0.457. The maximum atomic E-state index is 10.1. The smallest absolute Gasteiger partial charge is 0.198 e. The number of benzene rings is 2. The van der Waals surface area contributed by atoms with Gasteiger partial charge < -0.3 is 10.1 Å². The third-order valence-corrected chi connectivity index (χ3v) is 3.74. The molecule has 106 valence electrons. The first kappa shape index (κ1) is 13.4. The molecule has 3 rings (SSSR count). The van der Waals surface area contributed by atoms with Crippen molar-refractivity contribution < 1.29 is 5.11 Å². The number of aryl methyl sites for hydroxylation is 2. The maximum absolute atomic E-state index is 10.1. The van der Waals surface area contributed by atoms with Crippen molar-refractivity contribution in [3.05, 3.63) is 59.2 Å². The van der Waals surface area contributed by atoms with E-state index in [0.717, 1.165) is 34.1 Å². The van der Waals surface area contributed by atoms with Crippen molar-refractivity contribution in [3.8, 4) is 5.88 Å². The molecule has 3 aromatic rings. The molecule has 1 aromatic heterocycles. The van der Waals surface area contributed by atoms with Crippen molar-refractivity contribution in [3.63, 3.8) is 0 Å². The van der Waals surface area contributed by atoms with Crippen molar-refractivity contribution in [1.29, 1.82) is 0 Å².